The van der Waals surface area contributed by atoms with Gasteiger partial charge in [0, 0.05) is 20.6 Å². The first-order valence-corrected chi connectivity index (χ1v) is 16.8. The average molecular weight is 522 g/mol. The van der Waals surface area contributed by atoms with Crippen LogP contribution in [0, 0.1) is 11.3 Å². The van der Waals surface area contributed by atoms with E-state index in [9.17, 15) is 9.59 Å². The molecule has 0 aromatic heterocycles. The van der Waals surface area contributed by atoms with Gasteiger partial charge in [0.15, 0.2) is 0 Å². The number of hydrogen-bond donors (Lipinski definition) is 0. The Hall–Kier alpha value is -1.45. The normalized spacial score (nSPS) is 18.2. The van der Waals surface area contributed by atoms with Crippen molar-refractivity contribution in [3.05, 3.63) is 35.4 Å². The summed E-state index contributed by atoms with van der Waals surface area (Å²) in [5.74, 6) is -0.907. The van der Waals surface area contributed by atoms with Crippen LogP contribution in [-0.2, 0) is 36.6 Å². The summed E-state index contributed by atoms with van der Waals surface area (Å²) in [4.78, 5) is 25.4. The smallest absolute Gasteiger partial charge is 0.317 e. The predicted molar refractivity (Wildman–Crippen MR) is 150 cm³/mol. The van der Waals surface area contributed by atoms with Gasteiger partial charge in [0.1, 0.15) is 18.6 Å². The van der Waals surface area contributed by atoms with Crippen LogP contribution in [0.5, 0.6) is 0 Å². The Morgan fingerprint density at radius 2 is 1.56 bits per heavy atom. The molecule has 1 aromatic rings. The van der Waals surface area contributed by atoms with Crippen LogP contribution in [0.2, 0.25) is 0 Å². The zero-order valence-electron chi connectivity index (χ0n) is 23.8. The molecule has 0 spiro atoms. The first kappa shape index (κ1) is 30.8. The molecule has 204 valence electrons. The van der Waals surface area contributed by atoms with E-state index in [0.29, 0.717) is 6.42 Å². The van der Waals surface area contributed by atoms with Crippen LogP contribution < -0.4 is 0 Å². The standard InChI is InChI=1S/C30H50O5P/c1-8-23(3)28(31)35-22-30(5,21-34-24(4)9-2)29(32)33-19-25-15-17-26(18-16-25)20-36(6,7)27-13-11-10-12-14-27/h15-18,23-24,27H,8-14,19-22H2,1-7H3/q+1. The SMILES string of the molecule is CCC(C)OCC(C)(COC(=O)C(C)CC)C(=O)OCc1ccc(C[P+](C)(C)C2CCCCC2)cc1. The topological polar surface area (TPSA) is 61.8 Å². The van der Waals surface area contributed by atoms with Crippen molar-refractivity contribution < 1.29 is 23.8 Å². The molecule has 1 aliphatic carbocycles. The number of hydrogen-bond acceptors (Lipinski definition) is 5. The van der Waals surface area contributed by atoms with Crippen molar-refractivity contribution in [2.45, 2.75) is 104 Å². The summed E-state index contributed by atoms with van der Waals surface area (Å²) in [7, 11) is -0.993. The predicted octanol–water partition coefficient (Wildman–Crippen LogP) is 7.25. The third kappa shape index (κ3) is 9.45. The van der Waals surface area contributed by atoms with E-state index in [0.717, 1.165) is 17.6 Å². The molecule has 3 unspecified atom stereocenters. The fourth-order valence-corrected chi connectivity index (χ4v) is 7.76. The fourth-order valence-electron chi connectivity index (χ4n) is 4.59. The lowest BCUT2D eigenvalue weighted by Gasteiger charge is -2.31. The summed E-state index contributed by atoms with van der Waals surface area (Å²) < 4.78 is 17.1. The van der Waals surface area contributed by atoms with Crippen LogP contribution >= 0.6 is 7.26 Å². The van der Waals surface area contributed by atoms with Crippen LogP contribution in [0.4, 0.5) is 0 Å². The van der Waals surface area contributed by atoms with Gasteiger partial charge in [-0.3, -0.25) is 9.59 Å². The lowest BCUT2D eigenvalue weighted by Crippen LogP contribution is -2.41. The maximum atomic E-state index is 13.1. The summed E-state index contributed by atoms with van der Waals surface area (Å²) in [5.41, 5.74) is 2.18. The number of esters is 2. The van der Waals surface area contributed by atoms with E-state index < -0.39 is 18.6 Å². The van der Waals surface area contributed by atoms with Gasteiger partial charge in [-0.2, -0.15) is 0 Å². The highest BCUT2D eigenvalue weighted by Gasteiger charge is 2.39. The second kappa shape index (κ2) is 14.5. The van der Waals surface area contributed by atoms with Gasteiger partial charge in [0.25, 0.3) is 0 Å². The van der Waals surface area contributed by atoms with E-state index in [1.54, 1.807) is 6.92 Å². The van der Waals surface area contributed by atoms with Crippen molar-refractivity contribution in [1.82, 2.24) is 0 Å². The first-order valence-electron chi connectivity index (χ1n) is 13.9. The van der Waals surface area contributed by atoms with Crippen LogP contribution in [0.25, 0.3) is 0 Å². The quantitative estimate of drug-likeness (QED) is 0.191. The Morgan fingerprint density at radius 3 is 2.14 bits per heavy atom. The second-order valence-electron chi connectivity index (χ2n) is 11.6. The highest BCUT2D eigenvalue weighted by Crippen LogP contribution is 2.62. The summed E-state index contributed by atoms with van der Waals surface area (Å²) in [6, 6.07) is 8.51. The Morgan fingerprint density at radius 1 is 0.944 bits per heavy atom. The van der Waals surface area contributed by atoms with E-state index in [1.807, 2.05) is 27.7 Å². The Balaban J connectivity index is 1.97. The van der Waals surface area contributed by atoms with Gasteiger partial charge in [-0.05, 0) is 63.5 Å². The molecular formula is C30H50O5P+. The number of rotatable bonds is 14. The molecule has 1 saturated carbocycles. The van der Waals surface area contributed by atoms with Crippen LogP contribution in [0.15, 0.2) is 24.3 Å². The molecule has 2 rings (SSSR count). The molecule has 6 heteroatoms. The lowest BCUT2D eigenvalue weighted by molar-refractivity contribution is -0.171. The third-order valence-corrected chi connectivity index (χ3v) is 11.5. The van der Waals surface area contributed by atoms with Crippen LogP contribution in [0.3, 0.4) is 0 Å². The van der Waals surface area contributed by atoms with E-state index in [1.165, 1.54) is 43.8 Å². The molecule has 0 aliphatic heterocycles. The van der Waals surface area contributed by atoms with E-state index in [2.05, 4.69) is 37.6 Å². The van der Waals surface area contributed by atoms with Gasteiger partial charge in [-0.1, -0.05) is 51.5 Å². The largest absolute Gasteiger partial charge is 0.464 e. The molecular weight excluding hydrogens is 471 g/mol. The lowest BCUT2D eigenvalue weighted by atomic mass is 9.92. The van der Waals surface area contributed by atoms with Gasteiger partial charge in [-0.25, -0.2) is 0 Å². The monoisotopic (exact) mass is 521 g/mol. The first-order chi connectivity index (χ1) is 17.0. The maximum Gasteiger partial charge on any atom is 0.317 e. The van der Waals surface area contributed by atoms with E-state index in [-0.39, 0.29) is 37.8 Å². The molecule has 0 N–H and O–H groups in total. The van der Waals surface area contributed by atoms with Crippen molar-refractivity contribution in [1.29, 1.82) is 0 Å². The fraction of sp³-hybridized carbons (Fsp3) is 0.733. The molecule has 0 radical (unpaired) electrons. The van der Waals surface area contributed by atoms with Gasteiger partial charge in [0.2, 0.25) is 0 Å². The summed E-state index contributed by atoms with van der Waals surface area (Å²) in [5, 5.41) is 0. The van der Waals surface area contributed by atoms with Gasteiger partial charge >= 0.3 is 11.9 Å². The number of carbonyl (C=O) groups is 2. The Bertz CT molecular complexity index is 815. The minimum absolute atomic E-state index is 0.00985. The summed E-state index contributed by atoms with van der Waals surface area (Å²) in [6.45, 7) is 14.8. The minimum Gasteiger partial charge on any atom is -0.464 e. The number of carbonyl (C=O) groups excluding carboxylic acids is 2. The van der Waals surface area contributed by atoms with Crippen LogP contribution in [0.1, 0.15) is 90.7 Å². The van der Waals surface area contributed by atoms with Crippen molar-refractivity contribution in [2.24, 2.45) is 11.3 Å². The van der Waals surface area contributed by atoms with E-state index >= 15 is 0 Å². The zero-order chi connectivity index (χ0) is 26.8. The second-order valence-corrected chi connectivity index (χ2v) is 16.2. The minimum atomic E-state index is -1.05. The molecule has 1 fully saturated rings. The molecule has 0 amide bonds. The molecule has 5 nitrogen and oxygen atoms in total. The summed E-state index contributed by atoms with van der Waals surface area (Å²) in [6.07, 6.45) is 9.66. The van der Waals surface area contributed by atoms with Gasteiger partial charge < -0.3 is 14.2 Å². The summed E-state index contributed by atoms with van der Waals surface area (Å²) >= 11 is 0. The number of benzene rings is 1. The average Bonchev–Trinajstić information content (AvgIpc) is 2.89. The molecule has 0 bridgehead atoms. The molecule has 36 heavy (non-hydrogen) atoms. The van der Waals surface area contributed by atoms with Crippen molar-refractivity contribution >= 4 is 19.2 Å². The maximum absolute atomic E-state index is 13.1. The molecule has 0 heterocycles. The van der Waals surface area contributed by atoms with E-state index in [4.69, 9.17) is 14.2 Å². The Kier molecular flexibility index (Phi) is 12.4. The molecule has 3 atom stereocenters. The molecule has 1 aromatic carbocycles. The highest BCUT2D eigenvalue weighted by atomic mass is 31.2. The van der Waals surface area contributed by atoms with Crippen molar-refractivity contribution in [3.8, 4) is 0 Å². The third-order valence-electron chi connectivity index (χ3n) is 7.85. The number of ether oxygens (including phenoxy) is 3. The van der Waals surface area contributed by atoms with Crippen molar-refractivity contribution in [3.63, 3.8) is 0 Å². The van der Waals surface area contributed by atoms with Crippen LogP contribution in [-0.4, -0.2) is 50.2 Å². The molecule has 1 aliphatic rings. The zero-order valence-corrected chi connectivity index (χ0v) is 24.7. The highest BCUT2D eigenvalue weighted by molar-refractivity contribution is 7.74. The van der Waals surface area contributed by atoms with Gasteiger partial charge in [0.05, 0.1) is 30.4 Å². The van der Waals surface area contributed by atoms with Gasteiger partial charge in [-0.15, -0.1) is 0 Å². The molecule has 0 saturated heterocycles. The Labute approximate surface area is 220 Å². The van der Waals surface area contributed by atoms with Crippen molar-refractivity contribution in [2.75, 3.05) is 26.5 Å².